The lowest BCUT2D eigenvalue weighted by Gasteiger charge is -2.05. The van der Waals surface area contributed by atoms with Crippen LogP contribution in [0.15, 0.2) is 40.1 Å². The molecule has 0 radical (unpaired) electrons. The van der Waals surface area contributed by atoms with Crippen molar-refractivity contribution in [2.45, 2.75) is 17.6 Å². The maximum Gasteiger partial charge on any atom is 0.285 e. The Labute approximate surface area is 158 Å². The number of halogens is 2. The summed E-state index contributed by atoms with van der Waals surface area (Å²) >= 11 is 1.000. The van der Waals surface area contributed by atoms with E-state index in [0.29, 0.717) is 12.0 Å². The van der Waals surface area contributed by atoms with Crippen LogP contribution in [-0.2, 0) is 23.5 Å². The first-order valence-corrected chi connectivity index (χ1v) is 10.2. The highest BCUT2D eigenvalue weighted by molar-refractivity contribution is 7.92. The lowest BCUT2D eigenvalue weighted by molar-refractivity contribution is 0.0977. The van der Waals surface area contributed by atoms with Crippen molar-refractivity contribution in [3.8, 4) is 11.4 Å². The number of hydrogen-bond acceptors (Lipinski definition) is 5. The Bertz CT molecular complexity index is 1100. The van der Waals surface area contributed by atoms with Gasteiger partial charge < -0.3 is 4.57 Å². The van der Waals surface area contributed by atoms with E-state index in [1.54, 1.807) is 18.4 Å². The largest absolute Gasteiger partial charge is 0.333 e. The zero-order valence-corrected chi connectivity index (χ0v) is 16.0. The molecule has 10 heteroatoms. The van der Waals surface area contributed by atoms with Crippen LogP contribution in [0.4, 0.5) is 8.78 Å². The number of aryl methyl sites for hydroxylation is 2. The van der Waals surface area contributed by atoms with Crippen LogP contribution >= 0.6 is 11.3 Å². The number of rotatable bonds is 5. The average Bonchev–Trinajstić information content (AvgIpc) is 3.22. The minimum Gasteiger partial charge on any atom is -0.333 e. The fraction of sp³-hybridized carbons (Fsp3) is 0.176. The molecule has 3 rings (SSSR count). The highest BCUT2D eigenvalue weighted by Gasteiger charge is 2.25. The van der Waals surface area contributed by atoms with Gasteiger partial charge in [0.05, 0.1) is 5.56 Å². The zero-order valence-electron chi connectivity index (χ0n) is 14.4. The van der Waals surface area contributed by atoms with E-state index in [1.165, 1.54) is 23.9 Å². The van der Waals surface area contributed by atoms with E-state index >= 15 is 0 Å². The van der Waals surface area contributed by atoms with Crippen molar-refractivity contribution < 1.29 is 22.0 Å². The van der Waals surface area contributed by atoms with E-state index in [1.807, 2.05) is 4.72 Å². The average molecular weight is 411 g/mol. The maximum atomic E-state index is 14.0. The van der Waals surface area contributed by atoms with Gasteiger partial charge in [-0.3, -0.25) is 4.79 Å². The molecule has 1 aromatic carbocycles. The molecule has 3 aromatic rings. The summed E-state index contributed by atoms with van der Waals surface area (Å²) in [7, 11) is -2.62. The van der Waals surface area contributed by atoms with E-state index in [0.717, 1.165) is 23.5 Å². The summed E-state index contributed by atoms with van der Waals surface area (Å²) < 4.78 is 56.1. The van der Waals surface area contributed by atoms with Crippen LogP contribution in [0.25, 0.3) is 11.4 Å². The standard InChI is InChI=1S/C17H15F2N3O3S2/c1-3-10-7-8-26-17(10)27(24,25)21-16(23)13-9-22(2)15(20-13)14-11(18)5-4-6-12(14)19/h4-9H,3H2,1-2H3,(H,21,23). The first-order chi connectivity index (χ1) is 12.7. The smallest absolute Gasteiger partial charge is 0.285 e. The van der Waals surface area contributed by atoms with Gasteiger partial charge in [-0.15, -0.1) is 11.3 Å². The maximum absolute atomic E-state index is 14.0. The molecule has 0 atom stereocenters. The number of amides is 1. The van der Waals surface area contributed by atoms with Crippen LogP contribution in [0.2, 0.25) is 0 Å². The lowest BCUT2D eigenvalue weighted by Crippen LogP contribution is -2.30. The number of imidazole rings is 1. The third-order valence-corrected chi connectivity index (χ3v) is 6.75. The van der Waals surface area contributed by atoms with E-state index in [2.05, 4.69) is 4.98 Å². The number of hydrogen-bond donors (Lipinski definition) is 1. The second-order valence-corrected chi connectivity index (χ2v) is 8.47. The summed E-state index contributed by atoms with van der Waals surface area (Å²) in [6, 6.07) is 5.02. The zero-order chi connectivity index (χ0) is 19.8. The molecule has 142 valence electrons. The lowest BCUT2D eigenvalue weighted by atomic mass is 10.2. The molecule has 1 N–H and O–H groups in total. The second kappa shape index (κ2) is 7.20. The summed E-state index contributed by atoms with van der Waals surface area (Å²) in [4.78, 5) is 16.3. The number of nitrogens with one attached hydrogen (secondary N) is 1. The highest BCUT2D eigenvalue weighted by Crippen LogP contribution is 2.26. The fourth-order valence-corrected chi connectivity index (χ4v) is 5.08. The van der Waals surface area contributed by atoms with Gasteiger partial charge in [0.2, 0.25) is 0 Å². The van der Waals surface area contributed by atoms with Gasteiger partial charge in [-0.1, -0.05) is 13.0 Å². The topological polar surface area (TPSA) is 81.1 Å². The number of nitrogens with zero attached hydrogens (tertiary/aromatic N) is 2. The molecule has 0 spiro atoms. The molecular formula is C17H15F2N3O3S2. The van der Waals surface area contributed by atoms with Crippen LogP contribution in [0.3, 0.4) is 0 Å². The van der Waals surface area contributed by atoms with Crippen molar-refractivity contribution in [3.63, 3.8) is 0 Å². The molecule has 0 aliphatic rings. The summed E-state index contributed by atoms with van der Waals surface area (Å²) in [5.74, 6) is -2.79. The number of aromatic nitrogens is 2. The Kier molecular flexibility index (Phi) is 5.11. The first-order valence-electron chi connectivity index (χ1n) is 7.86. The third kappa shape index (κ3) is 3.62. The first kappa shape index (κ1) is 19.2. The Morgan fingerprint density at radius 2 is 1.93 bits per heavy atom. The van der Waals surface area contributed by atoms with Crippen molar-refractivity contribution >= 4 is 27.3 Å². The van der Waals surface area contributed by atoms with E-state index in [-0.39, 0.29) is 15.7 Å². The molecule has 2 aromatic heterocycles. The third-order valence-electron chi connectivity index (χ3n) is 3.85. The molecule has 0 aliphatic carbocycles. The Morgan fingerprint density at radius 3 is 2.56 bits per heavy atom. The van der Waals surface area contributed by atoms with Crippen LogP contribution in [0, 0.1) is 11.6 Å². The van der Waals surface area contributed by atoms with Crippen molar-refractivity contribution in [1.29, 1.82) is 0 Å². The van der Waals surface area contributed by atoms with Crippen LogP contribution in [0.1, 0.15) is 23.0 Å². The monoisotopic (exact) mass is 411 g/mol. The molecular weight excluding hydrogens is 396 g/mol. The molecule has 2 heterocycles. The minimum atomic E-state index is -4.07. The van der Waals surface area contributed by atoms with Gasteiger partial charge in [0, 0.05) is 13.2 Å². The van der Waals surface area contributed by atoms with E-state index in [4.69, 9.17) is 0 Å². The van der Waals surface area contributed by atoms with Gasteiger partial charge in [0.1, 0.15) is 27.4 Å². The predicted octanol–water partition coefficient (Wildman–Crippen LogP) is 3.11. The van der Waals surface area contributed by atoms with E-state index < -0.39 is 33.1 Å². The van der Waals surface area contributed by atoms with Crippen LogP contribution in [0.5, 0.6) is 0 Å². The van der Waals surface area contributed by atoms with Gasteiger partial charge in [-0.05, 0) is 35.6 Å². The quantitative estimate of drug-likeness (QED) is 0.700. The fourth-order valence-electron chi connectivity index (χ4n) is 2.56. The summed E-state index contributed by atoms with van der Waals surface area (Å²) in [5.41, 5.74) is -0.0720. The van der Waals surface area contributed by atoms with Crippen molar-refractivity contribution in [1.82, 2.24) is 14.3 Å². The minimum absolute atomic E-state index is 0.0506. The molecule has 0 bridgehead atoms. The Balaban J connectivity index is 1.93. The molecule has 0 saturated carbocycles. The van der Waals surface area contributed by atoms with Gasteiger partial charge in [-0.25, -0.2) is 26.9 Å². The van der Waals surface area contributed by atoms with Crippen molar-refractivity contribution in [2.75, 3.05) is 0 Å². The van der Waals surface area contributed by atoms with Gasteiger partial charge in [0.25, 0.3) is 15.9 Å². The number of sulfonamides is 1. The van der Waals surface area contributed by atoms with Crippen LogP contribution < -0.4 is 4.72 Å². The number of benzene rings is 1. The van der Waals surface area contributed by atoms with Gasteiger partial charge >= 0.3 is 0 Å². The van der Waals surface area contributed by atoms with Gasteiger partial charge in [-0.2, -0.15) is 0 Å². The molecule has 27 heavy (non-hydrogen) atoms. The Hall–Kier alpha value is -2.59. The van der Waals surface area contributed by atoms with Crippen molar-refractivity contribution in [3.05, 3.63) is 58.7 Å². The van der Waals surface area contributed by atoms with E-state index in [9.17, 15) is 22.0 Å². The van der Waals surface area contributed by atoms with Crippen LogP contribution in [-0.4, -0.2) is 23.9 Å². The molecule has 6 nitrogen and oxygen atoms in total. The summed E-state index contributed by atoms with van der Waals surface area (Å²) in [5, 5.41) is 1.62. The number of thiophene rings is 1. The predicted molar refractivity (Wildman–Crippen MR) is 96.9 cm³/mol. The van der Waals surface area contributed by atoms with Gasteiger partial charge in [0.15, 0.2) is 0 Å². The SMILES string of the molecule is CCc1ccsc1S(=O)(=O)NC(=O)c1cn(C)c(-c2c(F)cccc2F)n1. The number of carbonyl (C=O) groups is 1. The molecule has 1 amide bonds. The molecule has 0 fully saturated rings. The Morgan fingerprint density at radius 1 is 1.26 bits per heavy atom. The normalized spacial score (nSPS) is 11.6. The molecule has 0 saturated heterocycles. The molecule has 0 aliphatic heterocycles. The summed E-state index contributed by atoms with van der Waals surface area (Å²) in [6.07, 6.45) is 1.70. The summed E-state index contributed by atoms with van der Waals surface area (Å²) in [6.45, 7) is 1.80. The molecule has 0 unspecified atom stereocenters. The highest BCUT2D eigenvalue weighted by atomic mass is 32.2. The van der Waals surface area contributed by atoms with Crippen molar-refractivity contribution in [2.24, 2.45) is 7.05 Å². The number of carbonyl (C=O) groups excluding carboxylic acids is 1. The second-order valence-electron chi connectivity index (χ2n) is 5.68.